The van der Waals surface area contributed by atoms with E-state index in [2.05, 4.69) is 45.8 Å². The van der Waals surface area contributed by atoms with Gasteiger partial charge in [-0.05, 0) is 54.4 Å². The second kappa shape index (κ2) is 10.3. The molecule has 29 heavy (non-hydrogen) atoms. The number of amides is 1. The van der Waals surface area contributed by atoms with Crippen molar-refractivity contribution < 1.29 is 9.53 Å². The number of carbonyl (C=O) groups is 1. The summed E-state index contributed by atoms with van der Waals surface area (Å²) >= 11 is 3.47. The second-order valence-electron chi connectivity index (χ2n) is 7.07. The summed E-state index contributed by atoms with van der Waals surface area (Å²) in [5, 5.41) is 0. The van der Waals surface area contributed by atoms with Crippen LogP contribution in [0.2, 0.25) is 0 Å². The molecule has 5 heteroatoms. The molecule has 1 heterocycles. The van der Waals surface area contributed by atoms with Crippen molar-refractivity contribution in [3.8, 4) is 5.75 Å². The van der Waals surface area contributed by atoms with Crippen LogP contribution in [0.5, 0.6) is 5.75 Å². The van der Waals surface area contributed by atoms with Crippen molar-refractivity contribution in [3.05, 3.63) is 88.2 Å². The van der Waals surface area contributed by atoms with E-state index in [1.165, 1.54) is 5.56 Å². The number of carbonyl (C=O) groups excluding carboxylic acids is 1. The summed E-state index contributed by atoms with van der Waals surface area (Å²) in [6.07, 6.45) is 4.10. The van der Waals surface area contributed by atoms with E-state index >= 15 is 0 Å². The van der Waals surface area contributed by atoms with Crippen LogP contribution in [0.25, 0.3) is 0 Å². The summed E-state index contributed by atoms with van der Waals surface area (Å²) in [5.41, 5.74) is 2.99. The van der Waals surface area contributed by atoms with Gasteiger partial charge in [-0.1, -0.05) is 47.5 Å². The molecular weight excluding hydrogens is 428 g/mol. The highest BCUT2D eigenvalue weighted by atomic mass is 79.9. The van der Waals surface area contributed by atoms with Crippen LogP contribution in [0.4, 0.5) is 0 Å². The van der Waals surface area contributed by atoms with E-state index in [1.54, 1.807) is 7.11 Å². The fraction of sp³-hybridized carbons (Fsp3) is 0.292. The fourth-order valence-electron chi connectivity index (χ4n) is 3.32. The molecule has 3 rings (SSSR count). The van der Waals surface area contributed by atoms with Gasteiger partial charge >= 0.3 is 0 Å². The van der Waals surface area contributed by atoms with Gasteiger partial charge in [0, 0.05) is 35.0 Å². The average Bonchev–Trinajstić information content (AvgIpc) is 3.17. The van der Waals surface area contributed by atoms with Gasteiger partial charge in [0.05, 0.1) is 13.7 Å². The fourth-order valence-corrected chi connectivity index (χ4v) is 3.72. The van der Waals surface area contributed by atoms with Crippen LogP contribution in [-0.2, 0) is 13.1 Å². The molecule has 0 aliphatic heterocycles. The quantitative estimate of drug-likeness (QED) is 0.412. The van der Waals surface area contributed by atoms with E-state index < -0.39 is 0 Å². The Morgan fingerprint density at radius 2 is 1.93 bits per heavy atom. The third-order valence-corrected chi connectivity index (χ3v) is 5.40. The first-order valence-electron chi connectivity index (χ1n) is 9.92. The smallest absolute Gasteiger partial charge is 0.254 e. The zero-order valence-electron chi connectivity index (χ0n) is 17.0. The van der Waals surface area contributed by atoms with Gasteiger partial charge in [0.2, 0.25) is 0 Å². The van der Waals surface area contributed by atoms with Gasteiger partial charge < -0.3 is 14.2 Å². The van der Waals surface area contributed by atoms with Gasteiger partial charge in [0.25, 0.3) is 5.91 Å². The van der Waals surface area contributed by atoms with Crippen LogP contribution >= 0.6 is 15.9 Å². The largest absolute Gasteiger partial charge is 0.497 e. The van der Waals surface area contributed by atoms with E-state index in [9.17, 15) is 4.79 Å². The molecule has 0 saturated carbocycles. The molecule has 1 amide bonds. The highest BCUT2D eigenvalue weighted by molar-refractivity contribution is 9.10. The number of ether oxygens (including phenoxy) is 1. The number of unbranched alkanes of at least 4 members (excludes halogenated alkanes) is 1. The molecule has 4 nitrogen and oxygen atoms in total. The number of rotatable bonds is 9. The Labute approximate surface area is 181 Å². The molecule has 2 aromatic carbocycles. The lowest BCUT2D eigenvalue weighted by Gasteiger charge is -2.24. The zero-order chi connectivity index (χ0) is 20.6. The lowest BCUT2D eigenvalue weighted by atomic mass is 10.1. The molecule has 0 spiro atoms. The lowest BCUT2D eigenvalue weighted by molar-refractivity contribution is 0.0737. The number of halogens is 1. The normalized spacial score (nSPS) is 10.7. The van der Waals surface area contributed by atoms with Gasteiger partial charge in [-0.3, -0.25) is 4.79 Å². The Kier molecular flexibility index (Phi) is 7.53. The molecule has 0 atom stereocenters. The number of nitrogens with zero attached hydrogens (tertiary/aromatic N) is 2. The van der Waals surface area contributed by atoms with Crippen LogP contribution in [0.3, 0.4) is 0 Å². The highest BCUT2D eigenvalue weighted by Gasteiger charge is 2.17. The summed E-state index contributed by atoms with van der Waals surface area (Å²) in [6, 6.07) is 19.8. The molecule has 0 N–H and O–H groups in total. The van der Waals surface area contributed by atoms with E-state index in [0.717, 1.165) is 41.8 Å². The number of methoxy groups -OCH3 is 1. The number of benzene rings is 2. The van der Waals surface area contributed by atoms with Crippen molar-refractivity contribution in [1.29, 1.82) is 0 Å². The Morgan fingerprint density at radius 3 is 2.69 bits per heavy atom. The Bertz CT molecular complexity index is 951. The third kappa shape index (κ3) is 5.73. The SMILES string of the molecule is CCCCN(Cc1cccn1Cc1cccc(OC)c1)C(=O)c1cccc(Br)c1. The van der Waals surface area contributed by atoms with Crippen LogP contribution < -0.4 is 4.74 Å². The molecule has 152 valence electrons. The first kappa shape index (κ1) is 21.2. The Balaban J connectivity index is 1.79. The maximum Gasteiger partial charge on any atom is 0.254 e. The van der Waals surface area contributed by atoms with Crippen molar-refractivity contribution >= 4 is 21.8 Å². The molecule has 0 aliphatic carbocycles. The van der Waals surface area contributed by atoms with Crippen LogP contribution in [0, 0.1) is 0 Å². The Morgan fingerprint density at radius 1 is 1.10 bits per heavy atom. The van der Waals surface area contributed by atoms with Crippen molar-refractivity contribution in [3.63, 3.8) is 0 Å². The first-order chi connectivity index (χ1) is 14.1. The second-order valence-corrected chi connectivity index (χ2v) is 7.99. The van der Waals surface area contributed by atoms with E-state index in [1.807, 2.05) is 53.4 Å². The summed E-state index contributed by atoms with van der Waals surface area (Å²) in [7, 11) is 1.68. The van der Waals surface area contributed by atoms with Gasteiger partial charge in [-0.2, -0.15) is 0 Å². The van der Waals surface area contributed by atoms with Crippen LogP contribution in [0.1, 0.15) is 41.4 Å². The maximum atomic E-state index is 13.2. The summed E-state index contributed by atoms with van der Waals surface area (Å²) in [6.45, 7) is 4.22. The third-order valence-electron chi connectivity index (χ3n) is 4.90. The summed E-state index contributed by atoms with van der Waals surface area (Å²) in [4.78, 5) is 15.1. The lowest BCUT2D eigenvalue weighted by Crippen LogP contribution is -2.32. The van der Waals surface area contributed by atoms with Gasteiger partial charge in [-0.15, -0.1) is 0 Å². The van der Waals surface area contributed by atoms with E-state index in [4.69, 9.17) is 4.74 Å². The summed E-state index contributed by atoms with van der Waals surface area (Å²) in [5.74, 6) is 0.916. The van der Waals surface area contributed by atoms with Crippen LogP contribution in [-0.4, -0.2) is 29.0 Å². The van der Waals surface area contributed by atoms with Crippen molar-refractivity contribution in [1.82, 2.24) is 9.47 Å². The molecular formula is C24H27BrN2O2. The van der Waals surface area contributed by atoms with Gasteiger partial charge in [-0.25, -0.2) is 0 Å². The number of hydrogen-bond donors (Lipinski definition) is 0. The van der Waals surface area contributed by atoms with Crippen LogP contribution in [0.15, 0.2) is 71.3 Å². The minimum Gasteiger partial charge on any atom is -0.497 e. The average molecular weight is 455 g/mol. The number of aromatic nitrogens is 1. The maximum absolute atomic E-state index is 13.2. The molecule has 0 bridgehead atoms. The topological polar surface area (TPSA) is 34.5 Å². The standard InChI is InChI=1S/C24H27BrN2O2/c1-3-4-13-27(24(28)20-9-6-10-21(25)16-20)18-22-11-7-14-26(22)17-19-8-5-12-23(15-19)29-2/h5-12,14-16H,3-4,13,17-18H2,1-2H3. The Hall–Kier alpha value is -2.53. The zero-order valence-corrected chi connectivity index (χ0v) is 18.6. The molecule has 0 aliphatic rings. The predicted octanol–water partition coefficient (Wildman–Crippen LogP) is 5.75. The van der Waals surface area contributed by atoms with E-state index in [-0.39, 0.29) is 5.91 Å². The molecule has 3 aromatic rings. The minimum absolute atomic E-state index is 0.0638. The molecule has 0 saturated heterocycles. The highest BCUT2D eigenvalue weighted by Crippen LogP contribution is 2.18. The molecule has 0 radical (unpaired) electrons. The van der Waals surface area contributed by atoms with E-state index in [0.29, 0.717) is 12.1 Å². The monoisotopic (exact) mass is 454 g/mol. The molecule has 1 aromatic heterocycles. The van der Waals surface area contributed by atoms with Gasteiger partial charge in [0.15, 0.2) is 0 Å². The minimum atomic E-state index is 0.0638. The molecule has 0 fully saturated rings. The van der Waals surface area contributed by atoms with Gasteiger partial charge in [0.1, 0.15) is 5.75 Å². The summed E-state index contributed by atoms with van der Waals surface area (Å²) < 4.78 is 8.45. The number of hydrogen-bond acceptors (Lipinski definition) is 2. The van der Waals surface area contributed by atoms with Crippen molar-refractivity contribution in [2.24, 2.45) is 0 Å². The molecule has 0 unspecified atom stereocenters. The first-order valence-corrected chi connectivity index (χ1v) is 10.7. The van der Waals surface area contributed by atoms with Crippen molar-refractivity contribution in [2.45, 2.75) is 32.9 Å². The predicted molar refractivity (Wildman–Crippen MR) is 120 cm³/mol. The van der Waals surface area contributed by atoms with Crippen molar-refractivity contribution in [2.75, 3.05) is 13.7 Å².